The van der Waals surface area contributed by atoms with E-state index in [0.29, 0.717) is 49.5 Å². The molecule has 226 valence electrons. The zero-order valence-electron chi connectivity index (χ0n) is 24.1. The van der Waals surface area contributed by atoms with E-state index in [1.54, 1.807) is 20.3 Å². The van der Waals surface area contributed by atoms with Crippen LogP contribution in [0, 0.1) is 11.8 Å². The third kappa shape index (κ3) is 5.66. The molecule has 2 aromatic carbocycles. The molecule has 1 unspecified atom stereocenters. The summed E-state index contributed by atoms with van der Waals surface area (Å²) in [4.78, 5) is 2.31. The number of alkyl halides is 3. The van der Waals surface area contributed by atoms with Crippen molar-refractivity contribution in [2.45, 2.75) is 62.1 Å². The number of halogens is 3. The summed E-state index contributed by atoms with van der Waals surface area (Å²) < 4.78 is 58.5. The van der Waals surface area contributed by atoms with Crippen LogP contribution in [0.4, 0.5) is 18.9 Å². The largest absolute Gasteiger partial charge is 0.493 e. The van der Waals surface area contributed by atoms with Crippen LogP contribution in [0.15, 0.2) is 60.7 Å². The zero-order chi connectivity index (χ0) is 29.5. The zero-order valence-corrected chi connectivity index (χ0v) is 24.1. The first kappa shape index (κ1) is 29.1. The minimum atomic E-state index is -4.41. The van der Waals surface area contributed by atoms with Gasteiger partial charge in [-0.15, -0.1) is 0 Å². The van der Waals surface area contributed by atoms with Gasteiger partial charge in [0.2, 0.25) is 0 Å². The van der Waals surface area contributed by atoms with Gasteiger partial charge in [-0.3, -0.25) is 0 Å². The lowest BCUT2D eigenvalue weighted by Gasteiger charge is -2.48. The molecule has 42 heavy (non-hydrogen) atoms. The number of methoxy groups -OCH3 is 2. The summed E-state index contributed by atoms with van der Waals surface area (Å²) in [5.41, 5.74) is 0.535. The van der Waals surface area contributed by atoms with E-state index >= 15 is 0 Å². The van der Waals surface area contributed by atoms with Gasteiger partial charge in [-0.1, -0.05) is 30.4 Å². The van der Waals surface area contributed by atoms with Crippen LogP contribution in [0.2, 0.25) is 0 Å². The molecule has 3 aliphatic heterocycles. The second kappa shape index (κ2) is 11.6. The van der Waals surface area contributed by atoms with Gasteiger partial charge in [-0.2, -0.15) is 13.2 Å². The third-order valence-corrected chi connectivity index (χ3v) is 9.56. The lowest BCUT2D eigenvalue weighted by Crippen LogP contribution is -2.50. The highest BCUT2D eigenvalue weighted by atomic mass is 19.4. The average molecular weight is 585 g/mol. The Hall–Kier alpha value is -3.01. The molecular weight excluding hydrogens is 545 g/mol. The Bertz CT molecular complexity index is 1340. The van der Waals surface area contributed by atoms with Gasteiger partial charge >= 0.3 is 6.18 Å². The number of benzene rings is 2. The Morgan fingerprint density at radius 1 is 1.02 bits per heavy atom. The highest BCUT2D eigenvalue weighted by Gasteiger charge is 2.45. The number of nitrogens with zero attached hydrogens (tertiary/aromatic N) is 1. The summed E-state index contributed by atoms with van der Waals surface area (Å²) in [6.07, 6.45) is 7.27. The van der Waals surface area contributed by atoms with E-state index in [0.717, 1.165) is 36.6 Å². The molecule has 6 rings (SSSR count). The van der Waals surface area contributed by atoms with Crippen LogP contribution in [0.5, 0.6) is 11.5 Å². The van der Waals surface area contributed by atoms with Crippen LogP contribution >= 0.6 is 0 Å². The molecule has 2 saturated heterocycles. The van der Waals surface area contributed by atoms with E-state index in [4.69, 9.17) is 14.2 Å². The Kier molecular flexibility index (Phi) is 8.02. The van der Waals surface area contributed by atoms with Crippen molar-refractivity contribution in [2.24, 2.45) is 11.8 Å². The predicted octanol–water partition coefficient (Wildman–Crippen LogP) is 6.47. The smallest absolute Gasteiger partial charge is 0.416 e. The normalized spacial score (nSPS) is 28.9. The van der Waals surface area contributed by atoms with E-state index in [1.165, 1.54) is 6.07 Å². The van der Waals surface area contributed by atoms with Crippen molar-refractivity contribution in [1.29, 1.82) is 0 Å². The van der Waals surface area contributed by atoms with Gasteiger partial charge in [0.15, 0.2) is 11.5 Å². The van der Waals surface area contributed by atoms with E-state index in [-0.39, 0.29) is 24.0 Å². The number of hydrogen-bond donors (Lipinski definition) is 2. The van der Waals surface area contributed by atoms with E-state index in [9.17, 15) is 18.3 Å². The number of rotatable bonds is 6. The van der Waals surface area contributed by atoms with Gasteiger partial charge in [0, 0.05) is 48.8 Å². The van der Waals surface area contributed by atoms with Crippen molar-refractivity contribution >= 4 is 5.69 Å². The molecule has 5 atom stereocenters. The number of allylic oxidation sites excluding steroid dienone is 3. The summed E-state index contributed by atoms with van der Waals surface area (Å²) in [6, 6.07) is 9.64. The van der Waals surface area contributed by atoms with Gasteiger partial charge in [-0.25, -0.2) is 0 Å². The maximum atomic E-state index is 13.7. The highest BCUT2D eigenvalue weighted by molar-refractivity contribution is 5.58. The molecule has 0 radical (unpaired) electrons. The average Bonchev–Trinajstić information content (AvgIpc) is 3.01. The predicted molar refractivity (Wildman–Crippen MR) is 155 cm³/mol. The molecule has 0 aromatic heterocycles. The lowest BCUT2D eigenvalue weighted by molar-refractivity contribution is -0.138. The molecule has 9 heteroatoms. The van der Waals surface area contributed by atoms with Crippen LogP contribution in [0.1, 0.15) is 54.9 Å². The fraction of sp³-hybridized carbons (Fsp3) is 0.515. The summed E-state index contributed by atoms with van der Waals surface area (Å²) >= 11 is 0. The van der Waals surface area contributed by atoms with Crippen LogP contribution in [0.3, 0.4) is 0 Å². The van der Waals surface area contributed by atoms with Gasteiger partial charge < -0.3 is 29.5 Å². The maximum absolute atomic E-state index is 13.7. The molecule has 3 heterocycles. The summed E-state index contributed by atoms with van der Waals surface area (Å²) in [5, 5.41) is 15.1. The molecule has 0 amide bonds. The number of nitrogens with one attached hydrogen (secondary N) is 1. The highest BCUT2D eigenvalue weighted by Crippen LogP contribution is 2.49. The first-order chi connectivity index (χ1) is 20.2. The second-order valence-corrected chi connectivity index (χ2v) is 12.0. The monoisotopic (exact) mass is 584 g/mol. The van der Waals surface area contributed by atoms with Crippen molar-refractivity contribution in [2.75, 3.05) is 39.2 Å². The number of ether oxygens (including phenoxy) is 3. The number of hydrogen-bond acceptors (Lipinski definition) is 6. The standard InChI is InChI=1S/C33H39F3N2O4/c1-40-28-13-9-22(19-29(28)41-2)32(39)14-16-38(17-15-32)20-24-10-11-25-30(21-6-4-3-5-7-21)37-27-12-8-23(33(34,35)36)18-26(27)31(25)42-24/h3-6,8-9,12-13,18-19,21,24-25,30-31,37,39H,7,10-11,14-17,20H2,1-2H3/t21?,24-,25+,30+,31+/m1/s1. The number of aliphatic hydroxyl groups is 1. The van der Waals surface area contributed by atoms with E-state index in [2.05, 4.69) is 28.4 Å². The Labute approximate surface area is 245 Å². The fourth-order valence-electron chi connectivity index (χ4n) is 7.20. The van der Waals surface area contributed by atoms with E-state index in [1.807, 2.05) is 24.3 Å². The lowest BCUT2D eigenvalue weighted by atomic mass is 9.73. The summed E-state index contributed by atoms with van der Waals surface area (Å²) in [6.45, 7) is 2.07. The Morgan fingerprint density at radius 3 is 2.50 bits per heavy atom. The SMILES string of the molecule is COc1ccc(C2(O)CCN(C[C@H]3CC[C@@H]4[C@H](O3)c3cc(C(F)(F)F)ccc3N[C@H]4C3C=CC=CC3)CC2)cc1OC. The van der Waals surface area contributed by atoms with Gasteiger partial charge in [0.05, 0.1) is 37.6 Å². The van der Waals surface area contributed by atoms with Gasteiger partial charge in [0.1, 0.15) is 0 Å². The molecule has 2 N–H and O–H groups in total. The van der Waals surface area contributed by atoms with E-state index < -0.39 is 23.4 Å². The molecule has 1 aliphatic carbocycles. The van der Waals surface area contributed by atoms with Gasteiger partial charge in [0.25, 0.3) is 0 Å². The molecule has 2 aromatic rings. The Balaban J connectivity index is 1.16. The van der Waals surface area contributed by atoms with Crippen LogP contribution in [-0.2, 0) is 16.5 Å². The van der Waals surface area contributed by atoms with Crippen LogP contribution in [0.25, 0.3) is 0 Å². The first-order valence-electron chi connectivity index (χ1n) is 14.8. The second-order valence-electron chi connectivity index (χ2n) is 12.0. The molecular formula is C33H39F3N2O4. The molecule has 0 saturated carbocycles. The maximum Gasteiger partial charge on any atom is 0.416 e. The fourth-order valence-corrected chi connectivity index (χ4v) is 7.20. The van der Waals surface area contributed by atoms with Crippen molar-refractivity contribution in [3.8, 4) is 11.5 Å². The summed E-state index contributed by atoms with van der Waals surface area (Å²) in [7, 11) is 3.17. The van der Waals surface area contributed by atoms with Crippen molar-refractivity contribution in [1.82, 2.24) is 4.90 Å². The minimum absolute atomic E-state index is 0.0786. The van der Waals surface area contributed by atoms with Crippen molar-refractivity contribution < 1.29 is 32.5 Å². The molecule has 0 bridgehead atoms. The third-order valence-electron chi connectivity index (χ3n) is 9.56. The molecule has 4 aliphatic rings. The van der Waals surface area contributed by atoms with Crippen LogP contribution < -0.4 is 14.8 Å². The number of likely N-dealkylation sites (tertiary alicyclic amines) is 1. The minimum Gasteiger partial charge on any atom is -0.493 e. The quantitative estimate of drug-likeness (QED) is 0.406. The molecule has 6 nitrogen and oxygen atoms in total. The molecule has 0 spiro atoms. The Morgan fingerprint density at radius 2 is 1.81 bits per heavy atom. The molecule has 2 fully saturated rings. The van der Waals surface area contributed by atoms with Crippen LogP contribution in [-0.4, -0.2) is 56.0 Å². The van der Waals surface area contributed by atoms with Gasteiger partial charge in [-0.05, 0) is 68.0 Å². The summed E-state index contributed by atoms with van der Waals surface area (Å²) in [5.74, 6) is 1.55. The number of fused-ring (bicyclic) bond motifs is 3. The van der Waals surface area contributed by atoms with Crippen molar-refractivity contribution in [3.05, 3.63) is 77.4 Å². The number of anilines is 1. The number of piperidine rings is 1. The van der Waals surface area contributed by atoms with Crippen molar-refractivity contribution in [3.63, 3.8) is 0 Å². The topological polar surface area (TPSA) is 63.2 Å². The first-order valence-corrected chi connectivity index (χ1v) is 14.8.